The Morgan fingerprint density at radius 1 is 1.10 bits per heavy atom. The summed E-state index contributed by atoms with van der Waals surface area (Å²) >= 11 is 0. The molecule has 0 aromatic rings. The lowest BCUT2D eigenvalue weighted by molar-refractivity contribution is -0.119. The molecule has 0 bridgehead atoms. The predicted octanol–water partition coefficient (Wildman–Crippen LogP) is -0.00530. The maximum atomic E-state index is 11.8. The molecule has 1 aliphatic heterocycles. The van der Waals surface area contributed by atoms with E-state index >= 15 is 0 Å². The second-order valence-corrected chi connectivity index (χ2v) is 5.79. The molecule has 0 aliphatic carbocycles. The molecule has 0 radical (unpaired) electrons. The number of hydrogen-bond donors (Lipinski definition) is 2. The van der Waals surface area contributed by atoms with Crippen LogP contribution in [-0.4, -0.2) is 73.2 Å². The molecule has 0 unspecified atom stereocenters. The molecule has 8 heteroatoms. The number of carbonyl (C=O) groups is 3. The van der Waals surface area contributed by atoms with Gasteiger partial charge in [-0.2, -0.15) is 0 Å². The third-order valence-corrected chi connectivity index (χ3v) is 2.82. The Labute approximate surface area is 124 Å². The van der Waals surface area contributed by atoms with Crippen LogP contribution in [0.2, 0.25) is 0 Å². The summed E-state index contributed by atoms with van der Waals surface area (Å²) in [5.41, 5.74) is -0.536. The Hall–Kier alpha value is -1.99. The molecule has 0 aromatic carbocycles. The van der Waals surface area contributed by atoms with Crippen LogP contribution in [-0.2, 0) is 9.53 Å². The summed E-state index contributed by atoms with van der Waals surface area (Å²) < 4.78 is 5.07. The molecule has 1 aliphatic rings. The van der Waals surface area contributed by atoms with Crippen molar-refractivity contribution in [1.29, 1.82) is 0 Å². The van der Waals surface area contributed by atoms with Crippen LogP contribution in [0.4, 0.5) is 9.59 Å². The van der Waals surface area contributed by atoms with Crippen LogP contribution in [0.5, 0.6) is 0 Å². The van der Waals surface area contributed by atoms with Gasteiger partial charge in [0.05, 0.1) is 0 Å². The minimum absolute atomic E-state index is 0.188. The van der Waals surface area contributed by atoms with Gasteiger partial charge in [-0.3, -0.25) is 4.79 Å². The van der Waals surface area contributed by atoms with Crippen LogP contribution in [0.3, 0.4) is 0 Å². The van der Waals surface area contributed by atoms with Gasteiger partial charge in [-0.25, -0.2) is 9.59 Å². The fourth-order valence-corrected chi connectivity index (χ4v) is 1.79. The van der Waals surface area contributed by atoms with Gasteiger partial charge in [-0.1, -0.05) is 0 Å². The van der Waals surface area contributed by atoms with E-state index in [2.05, 4.69) is 10.6 Å². The van der Waals surface area contributed by atoms with Gasteiger partial charge in [0.1, 0.15) is 5.60 Å². The van der Waals surface area contributed by atoms with Gasteiger partial charge in [0.25, 0.3) is 0 Å². The van der Waals surface area contributed by atoms with Crippen LogP contribution in [0, 0.1) is 0 Å². The summed E-state index contributed by atoms with van der Waals surface area (Å²) in [5, 5.41) is 5.28. The third-order valence-electron chi connectivity index (χ3n) is 2.82. The number of hydrogen-bond acceptors (Lipinski definition) is 4. The average molecular weight is 300 g/mol. The standard InChI is InChI=1S/C13H24N4O4/c1-13(2,3)21-12(20)15-5-4-14-11(19)17-8-6-16(10-18)7-9-17/h10H,4-9H2,1-3H3,(H,14,19)(H,15,20). The van der Waals surface area contributed by atoms with Crippen molar-refractivity contribution >= 4 is 18.5 Å². The lowest BCUT2D eigenvalue weighted by Crippen LogP contribution is -2.52. The molecule has 0 atom stereocenters. The number of urea groups is 1. The molecule has 0 aromatic heterocycles. The van der Waals surface area contributed by atoms with E-state index in [1.165, 1.54) is 0 Å². The molecule has 1 saturated heterocycles. The van der Waals surface area contributed by atoms with Crippen molar-refractivity contribution in [3.63, 3.8) is 0 Å². The van der Waals surface area contributed by atoms with Gasteiger partial charge < -0.3 is 25.2 Å². The molecular formula is C13H24N4O4. The Bertz CT molecular complexity index is 373. The highest BCUT2D eigenvalue weighted by atomic mass is 16.6. The van der Waals surface area contributed by atoms with Gasteiger partial charge in [0.15, 0.2) is 0 Å². The number of carbonyl (C=O) groups excluding carboxylic acids is 3. The summed E-state index contributed by atoms with van der Waals surface area (Å²) in [6.07, 6.45) is 0.288. The van der Waals surface area contributed by atoms with Crippen molar-refractivity contribution in [2.24, 2.45) is 0 Å². The number of rotatable bonds is 4. The zero-order valence-electron chi connectivity index (χ0n) is 12.8. The van der Waals surface area contributed by atoms with E-state index in [4.69, 9.17) is 4.74 Å². The summed E-state index contributed by atoms with van der Waals surface area (Å²) in [6.45, 7) is 8.11. The zero-order valence-corrected chi connectivity index (χ0v) is 12.8. The molecule has 1 heterocycles. The molecule has 0 spiro atoms. The van der Waals surface area contributed by atoms with Crippen molar-refractivity contribution in [2.45, 2.75) is 26.4 Å². The minimum atomic E-state index is -0.536. The Morgan fingerprint density at radius 3 is 2.19 bits per heavy atom. The summed E-state index contributed by atoms with van der Waals surface area (Å²) in [5.74, 6) is 0. The van der Waals surface area contributed by atoms with Gasteiger partial charge in [0, 0.05) is 39.3 Å². The van der Waals surface area contributed by atoms with E-state index < -0.39 is 11.7 Å². The smallest absolute Gasteiger partial charge is 0.407 e. The van der Waals surface area contributed by atoms with Gasteiger partial charge in [-0.05, 0) is 20.8 Å². The number of ether oxygens (including phenoxy) is 1. The summed E-state index contributed by atoms with van der Waals surface area (Å²) in [4.78, 5) is 37.1. The lowest BCUT2D eigenvalue weighted by Gasteiger charge is -2.32. The molecule has 1 rings (SSSR count). The largest absolute Gasteiger partial charge is 0.444 e. The monoisotopic (exact) mass is 300 g/mol. The molecular weight excluding hydrogens is 276 g/mol. The maximum Gasteiger partial charge on any atom is 0.407 e. The van der Waals surface area contributed by atoms with Crippen molar-refractivity contribution in [3.05, 3.63) is 0 Å². The van der Waals surface area contributed by atoms with Crippen LogP contribution < -0.4 is 10.6 Å². The number of piperazine rings is 1. The SMILES string of the molecule is CC(C)(C)OC(=O)NCCNC(=O)N1CCN(C=O)CC1. The molecule has 21 heavy (non-hydrogen) atoms. The first-order valence-electron chi connectivity index (χ1n) is 7.01. The Balaban J connectivity index is 2.14. The van der Waals surface area contributed by atoms with Gasteiger partial charge in [0.2, 0.25) is 6.41 Å². The van der Waals surface area contributed by atoms with E-state index in [9.17, 15) is 14.4 Å². The third kappa shape index (κ3) is 6.82. The lowest BCUT2D eigenvalue weighted by atomic mass is 10.2. The zero-order chi connectivity index (χ0) is 15.9. The van der Waals surface area contributed by atoms with Crippen LogP contribution in [0.15, 0.2) is 0 Å². The number of amides is 4. The molecule has 4 amide bonds. The fourth-order valence-electron chi connectivity index (χ4n) is 1.79. The number of nitrogens with zero attached hydrogens (tertiary/aromatic N) is 2. The van der Waals surface area contributed by atoms with E-state index in [0.717, 1.165) is 6.41 Å². The van der Waals surface area contributed by atoms with Crippen LogP contribution >= 0.6 is 0 Å². The highest BCUT2D eigenvalue weighted by Gasteiger charge is 2.20. The highest BCUT2D eigenvalue weighted by molar-refractivity contribution is 5.74. The molecule has 2 N–H and O–H groups in total. The Kier molecular flexibility index (Phi) is 6.26. The highest BCUT2D eigenvalue weighted by Crippen LogP contribution is 2.06. The van der Waals surface area contributed by atoms with Gasteiger partial charge >= 0.3 is 12.1 Å². The van der Waals surface area contributed by atoms with Gasteiger partial charge in [-0.15, -0.1) is 0 Å². The van der Waals surface area contributed by atoms with Crippen LogP contribution in [0.1, 0.15) is 20.8 Å². The quantitative estimate of drug-likeness (QED) is 0.564. The normalized spacial score (nSPS) is 15.4. The summed E-state index contributed by atoms with van der Waals surface area (Å²) in [7, 11) is 0. The molecule has 1 fully saturated rings. The van der Waals surface area contributed by atoms with E-state index in [-0.39, 0.29) is 6.03 Å². The minimum Gasteiger partial charge on any atom is -0.444 e. The first-order valence-corrected chi connectivity index (χ1v) is 7.01. The molecule has 120 valence electrons. The van der Waals surface area contributed by atoms with Crippen molar-refractivity contribution < 1.29 is 19.1 Å². The predicted molar refractivity (Wildman–Crippen MR) is 76.8 cm³/mol. The number of nitrogens with one attached hydrogen (secondary N) is 2. The van der Waals surface area contributed by atoms with Crippen molar-refractivity contribution in [2.75, 3.05) is 39.3 Å². The second-order valence-electron chi connectivity index (χ2n) is 5.79. The van der Waals surface area contributed by atoms with Crippen molar-refractivity contribution in [1.82, 2.24) is 20.4 Å². The first kappa shape index (κ1) is 17.1. The van der Waals surface area contributed by atoms with Crippen molar-refractivity contribution in [3.8, 4) is 0 Å². The first-order chi connectivity index (χ1) is 9.81. The maximum absolute atomic E-state index is 11.8. The number of alkyl carbamates (subject to hydrolysis) is 1. The topological polar surface area (TPSA) is 91.0 Å². The van der Waals surface area contributed by atoms with E-state index in [1.54, 1.807) is 30.6 Å². The van der Waals surface area contributed by atoms with E-state index in [0.29, 0.717) is 39.3 Å². The molecule has 8 nitrogen and oxygen atoms in total. The average Bonchev–Trinajstić information content (AvgIpc) is 2.41. The Morgan fingerprint density at radius 2 is 1.67 bits per heavy atom. The molecule has 0 saturated carbocycles. The second kappa shape index (κ2) is 7.70. The van der Waals surface area contributed by atoms with E-state index in [1.807, 2.05) is 0 Å². The van der Waals surface area contributed by atoms with Crippen LogP contribution in [0.25, 0.3) is 0 Å². The fraction of sp³-hybridized carbons (Fsp3) is 0.769. The summed E-state index contributed by atoms with van der Waals surface area (Å²) in [6, 6.07) is -0.188.